The van der Waals surface area contributed by atoms with Gasteiger partial charge in [0.05, 0.1) is 0 Å². The fourth-order valence-electron chi connectivity index (χ4n) is 1.04. The smallest absolute Gasteiger partial charge is 0.222 e. The summed E-state index contributed by atoms with van der Waals surface area (Å²) in [5.74, 6) is 1.56. The minimum absolute atomic E-state index is 0.326. The molecule has 86 valence electrons. The molecular formula is C11H25NOS. The van der Waals surface area contributed by atoms with E-state index < -0.39 is 0 Å². The molecule has 0 spiro atoms. The van der Waals surface area contributed by atoms with Gasteiger partial charge in [0.25, 0.3) is 0 Å². The molecule has 0 aromatic carbocycles. The van der Waals surface area contributed by atoms with E-state index in [9.17, 15) is 4.79 Å². The number of rotatable bonds is 2. The van der Waals surface area contributed by atoms with Gasteiger partial charge in [-0.25, -0.2) is 0 Å². The van der Waals surface area contributed by atoms with Gasteiger partial charge in [0, 0.05) is 19.5 Å². The SMILES string of the molecule is CC.CCN1CCCC1=O.CCSC. The van der Waals surface area contributed by atoms with E-state index in [1.165, 1.54) is 5.75 Å². The monoisotopic (exact) mass is 219 g/mol. The summed E-state index contributed by atoms with van der Waals surface area (Å²) >= 11 is 1.86. The van der Waals surface area contributed by atoms with Crippen molar-refractivity contribution in [3.8, 4) is 0 Å². The van der Waals surface area contributed by atoms with Crippen LogP contribution in [0.4, 0.5) is 0 Å². The minimum atomic E-state index is 0.326. The zero-order chi connectivity index (χ0) is 11.4. The molecule has 1 aliphatic rings. The van der Waals surface area contributed by atoms with Crippen LogP contribution in [0.25, 0.3) is 0 Å². The number of thioether (sulfide) groups is 1. The summed E-state index contributed by atoms with van der Waals surface area (Å²) in [6.45, 7) is 10.0. The van der Waals surface area contributed by atoms with Gasteiger partial charge in [0.2, 0.25) is 5.91 Å². The van der Waals surface area contributed by atoms with Crippen molar-refractivity contribution in [2.45, 2.75) is 40.5 Å². The van der Waals surface area contributed by atoms with Gasteiger partial charge >= 0.3 is 0 Å². The Balaban J connectivity index is 0. The fourth-order valence-corrected chi connectivity index (χ4v) is 1.04. The third-order valence-electron chi connectivity index (χ3n) is 1.84. The summed E-state index contributed by atoms with van der Waals surface area (Å²) in [7, 11) is 0. The Morgan fingerprint density at radius 1 is 1.36 bits per heavy atom. The molecule has 0 aromatic heterocycles. The van der Waals surface area contributed by atoms with Crippen LogP contribution in [0.3, 0.4) is 0 Å². The van der Waals surface area contributed by atoms with Crippen molar-refractivity contribution in [3.63, 3.8) is 0 Å². The van der Waals surface area contributed by atoms with E-state index in [1.807, 2.05) is 37.4 Å². The highest BCUT2D eigenvalue weighted by Gasteiger charge is 2.16. The van der Waals surface area contributed by atoms with Gasteiger partial charge in [-0.3, -0.25) is 4.79 Å². The average Bonchev–Trinajstić information content (AvgIpc) is 2.67. The van der Waals surface area contributed by atoms with Crippen molar-refractivity contribution < 1.29 is 4.79 Å². The zero-order valence-electron chi connectivity index (χ0n) is 10.3. The van der Waals surface area contributed by atoms with Crippen molar-refractivity contribution in [1.82, 2.24) is 4.90 Å². The molecule has 0 N–H and O–H groups in total. The summed E-state index contributed by atoms with van der Waals surface area (Å²) in [5, 5.41) is 0. The van der Waals surface area contributed by atoms with E-state index >= 15 is 0 Å². The summed E-state index contributed by atoms with van der Waals surface area (Å²) in [6.07, 6.45) is 3.93. The molecular weight excluding hydrogens is 194 g/mol. The first kappa shape index (κ1) is 16.3. The van der Waals surface area contributed by atoms with Crippen LogP contribution in [0, 0.1) is 0 Å². The van der Waals surface area contributed by atoms with E-state index in [2.05, 4.69) is 13.2 Å². The lowest BCUT2D eigenvalue weighted by atomic mass is 10.4. The largest absolute Gasteiger partial charge is 0.343 e. The van der Waals surface area contributed by atoms with Gasteiger partial charge in [-0.2, -0.15) is 11.8 Å². The predicted molar refractivity (Wildman–Crippen MR) is 66.9 cm³/mol. The third kappa shape index (κ3) is 8.42. The highest BCUT2D eigenvalue weighted by atomic mass is 32.2. The summed E-state index contributed by atoms with van der Waals surface area (Å²) in [5.41, 5.74) is 0. The molecule has 2 nitrogen and oxygen atoms in total. The van der Waals surface area contributed by atoms with Crippen molar-refractivity contribution >= 4 is 17.7 Å². The van der Waals surface area contributed by atoms with Crippen LogP contribution >= 0.6 is 11.8 Å². The van der Waals surface area contributed by atoms with E-state index in [0.717, 1.165) is 25.9 Å². The first-order valence-electron chi connectivity index (χ1n) is 5.52. The van der Waals surface area contributed by atoms with Crippen LogP contribution in [0.1, 0.15) is 40.5 Å². The van der Waals surface area contributed by atoms with Crippen molar-refractivity contribution in [2.24, 2.45) is 0 Å². The Labute approximate surface area is 93.4 Å². The highest BCUT2D eigenvalue weighted by Crippen LogP contribution is 2.07. The molecule has 0 radical (unpaired) electrons. The molecule has 1 amide bonds. The molecule has 1 heterocycles. The van der Waals surface area contributed by atoms with E-state index in [-0.39, 0.29) is 0 Å². The number of carbonyl (C=O) groups is 1. The molecule has 3 heteroatoms. The van der Waals surface area contributed by atoms with Crippen LogP contribution in [-0.2, 0) is 4.79 Å². The van der Waals surface area contributed by atoms with Gasteiger partial charge in [-0.1, -0.05) is 20.8 Å². The van der Waals surface area contributed by atoms with E-state index in [4.69, 9.17) is 0 Å². The molecule has 0 atom stereocenters. The van der Waals surface area contributed by atoms with Crippen LogP contribution in [0.5, 0.6) is 0 Å². The quantitative estimate of drug-likeness (QED) is 0.711. The molecule has 0 bridgehead atoms. The van der Waals surface area contributed by atoms with Crippen LogP contribution in [0.2, 0.25) is 0 Å². The lowest BCUT2D eigenvalue weighted by Gasteiger charge is -2.10. The Hall–Kier alpha value is -0.180. The Bertz CT molecular complexity index is 126. The lowest BCUT2D eigenvalue weighted by molar-refractivity contribution is -0.127. The third-order valence-corrected chi connectivity index (χ3v) is 2.42. The van der Waals surface area contributed by atoms with Crippen LogP contribution in [0.15, 0.2) is 0 Å². The first-order valence-corrected chi connectivity index (χ1v) is 6.92. The minimum Gasteiger partial charge on any atom is -0.343 e. The summed E-state index contributed by atoms with van der Waals surface area (Å²) < 4.78 is 0. The molecule has 0 aromatic rings. The van der Waals surface area contributed by atoms with Crippen LogP contribution in [-0.4, -0.2) is 35.9 Å². The van der Waals surface area contributed by atoms with Gasteiger partial charge in [0.15, 0.2) is 0 Å². The Morgan fingerprint density at radius 3 is 2.00 bits per heavy atom. The number of nitrogens with zero attached hydrogens (tertiary/aromatic N) is 1. The van der Waals surface area contributed by atoms with Crippen molar-refractivity contribution in [1.29, 1.82) is 0 Å². The average molecular weight is 219 g/mol. The lowest BCUT2D eigenvalue weighted by Crippen LogP contribution is -2.23. The summed E-state index contributed by atoms with van der Waals surface area (Å²) in [4.78, 5) is 12.6. The van der Waals surface area contributed by atoms with Gasteiger partial charge in [0.1, 0.15) is 0 Å². The first-order chi connectivity index (χ1) is 6.76. The maximum absolute atomic E-state index is 10.7. The fraction of sp³-hybridized carbons (Fsp3) is 0.909. The van der Waals surface area contributed by atoms with Gasteiger partial charge < -0.3 is 4.90 Å². The molecule has 1 saturated heterocycles. The maximum Gasteiger partial charge on any atom is 0.222 e. The van der Waals surface area contributed by atoms with E-state index in [0.29, 0.717) is 5.91 Å². The van der Waals surface area contributed by atoms with Gasteiger partial charge in [-0.05, 0) is 25.4 Å². The summed E-state index contributed by atoms with van der Waals surface area (Å²) in [6, 6.07) is 0. The number of amides is 1. The van der Waals surface area contributed by atoms with Crippen molar-refractivity contribution in [2.75, 3.05) is 25.1 Å². The maximum atomic E-state index is 10.7. The second kappa shape index (κ2) is 12.8. The number of carbonyl (C=O) groups excluding carboxylic acids is 1. The Morgan fingerprint density at radius 2 is 1.86 bits per heavy atom. The van der Waals surface area contributed by atoms with Crippen molar-refractivity contribution in [3.05, 3.63) is 0 Å². The molecule has 0 aliphatic carbocycles. The number of hydrogen-bond acceptors (Lipinski definition) is 2. The highest BCUT2D eigenvalue weighted by molar-refractivity contribution is 7.98. The normalized spacial score (nSPS) is 14.1. The molecule has 0 saturated carbocycles. The Kier molecular flexibility index (Phi) is 14.9. The molecule has 14 heavy (non-hydrogen) atoms. The molecule has 1 aliphatic heterocycles. The van der Waals surface area contributed by atoms with E-state index in [1.54, 1.807) is 0 Å². The standard InChI is InChI=1S/C6H11NO.C3H8S.C2H6/c1-2-7-5-3-4-6(7)8;1-3-4-2;1-2/h2-5H2,1H3;3H2,1-2H3;1-2H3. The van der Waals surface area contributed by atoms with Gasteiger partial charge in [-0.15, -0.1) is 0 Å². The number of hydrogen-bond donors (Lipinski definition) is 0. The second-order valence-electron chi connectivity index (χ2n) is 2.65. The zero-order valence-corrected chi connectivity index (χ0v) is 11.1. The molecule has 1 fully saturated rings. The molecule has 1 rings (SSSR count). The van der Waals surface area contributed by atoms with Crippen LogP contribution < -0.4 is 0 Å². The predicted octanol–water partition coefficient (Wildman–Crippen LogP) is 3.02. The number of likely N-dealkylation sites (tertiary alicyclic amines) is 1. The topological polar surface area (TPSA) is 20.3 Å². The second-order valence-corrected chi connectivity index (χ2v) is 3.81. The molecule has 0 unspecified atom stereocenters.